The largest absolute Gasteiger partial charge is 0.448 e. The highest BCUT2D eigenvalue weighted by atomic mass is 16.5. The van der Waals surface area contributed by atoms with E-state index in [2.05, 4.69) is 10.2 Å². The predicted octanol–water partition coefficient (Wildman–Crippen LogP) is -0.493. The van der Waals surface area contributed by atoms with E-state index in [1.807, 2.05) is 4.90 Å². The highest BCUT2D eigenvalue weighted by Crippen LogP contribution is 2.01. The summed E-state index contributed by atoms with van der Waals surface area (Å²) in [5, 5.41) is 2.39. The number of ether oxygens (including phenoxy) is 1. The van der Waals surface area contributed by atoms with Crippen molar-refractivity contribution in [1.82, 2.24) is 15.1 Å². The summed E-state index contributed by atoms with van der Waals surface area (Å²) in [6.45, 7) is 5.90. The first kappa shape index (κ1) is 12.8. The molecule has 1 rings (SSSR count). The molecule has 0 saturated carbocycles. The second-order valence-corrected chi connectivity index (χ2v) is 3.73. The normalized spacial score (nSPS) is 17.0. The maximum absolute atomic E-state index is 11.1. The Morgan fingerprint density at radius 2 is 1.88 bits per heavy atom. The molecule has 6 nitrogen and oxygen atoms in total. The molecule has 1 fully saturated rings. The third kappa shape index (κ3) is 4.06. The van der Waals surface area contributed by atoms with Crippen LogP contribution in [-0.2, 0) is 9.53 Å². The Balaban J connectivity index is 2.13. The maximum Gasteiger partial charge on any atom is 0.406 e. The summed E-state index contributed by atoms with van der Waals surface area (Å²) in [4.78, 5) is 25.9. The number of rotatable bonds is 3. The molecule has 0 radical (unpaired) electrons. The molecule has 92 valence electrons. The van der Waals surface area contributed by atoms with Gasteiger partial charge in [-0.15, -0.1) is 0 Å². The van der Waals surface area contributed by atoms with Crippen molar-refractivity contribution >= 4 is 12.0 Å². The summed E-state index contributed by atoms with van der Waals surface area (Å²) < 4.78 is 4.90. The summed E-state index contributed by atoms with van der Waals surface area (Å²) in [5.74, 6) is 0.126. The van der Waals surface area contributed by atoms with E-state index in [0.29, 0.717) is 6.61 Å². The Labute approximate surface area is 95.5 Å². The zero-order valence-corrected chi connectivity index (χ0v) is 9.86. The van der Waals surface area contributed by atoms with Gasteiger partial charge in [-0.3, -0.25) is 9.69 Å². The molecule has 0 aromatic rings. The second kappa shape index (κ2) is 6.32. The van der Waals surface area contributed by atoms with E-state index in [1.54, 1.807) is 6.92 Å². The molecule has 6 heteroatoms. The van der Waals surface area contributed by atoms with Crippen LogP contribution in [0, 0.1) is 0 Å². The lowest BCUT2D eigenvalue weighted by Gasteiger charge is -2.33. The number of nitrogens with zero attached hydrogens (tertiary/aromatic N) is 2. The summed E-state index contributed by atoms with van der Waals surface area (Å²) in [6.07, 6.45) is -0.401. The molecule has 1 saturated heterocycles. The zero-order valence-electron chi connectivity index (χ0n) is 9.86. The van der Waals surface area contributed by atoms with E-state index in [9.17, 15) is 9.59 Å². The van der Waals surface area contributed by atoms with E-state index >= 15 is 0 Å². The highest BCUT2D eigenvalue weighted by molar-refractivity contribution is 5.73. The molecular weight excluding hydrogens is 210 g/mol. The number of nitrogens with one attached hydrogen (secondary N) is 1. The van der Waals surface area contributed by atoms with Crippen LogP contribution in [0.2, 0.25) is 0 Å². The molecule has 0 atom stereocenters. The number of alkyl carbamates (subject to hydrolysis) is 1. The minimum atomic E-state index is -0.401. The molecule has 1 aliphatic heterocycles. The van der Waals surface area contributed by atoms with Crippen molar-refractivity contribution in [3.05, 3.63) is 0 Å². The molecule has 1 heterocycles. The van der Waals surface area contributed by atoms with Gasteiger partial charge in [0.1, 0.15) is 6.61 Å². The minimum absolute atomic E-state index is 0.126. The van der Waals surface area contributed by atoms with Gasteiger partial charge in [-0.25, -0.2) is 4.79 Å². The fraction of sp³-hybridized carbons (Fsp3) is 0.800. The Morgan fingerprint density at radius 3 is 2.38 bits per heavy atom. The fourth-order valence-electron chi connectivity index (χ4n) is 1.63. The van der Waals surface area contributed by atoms with Crippen LogP contribution in [0.1, 0.15) is 6.92 Å². The predicted molar refractivity (Wildman–Crippen MR) is 59.1 cm³/mol. The molecule has 0 aromatic carbocycles. The zero-order chi connectivity index (χ0) is 12.0. The number of carbonyl (C=O) groups is 2. The van der Waals surface area contributed by atoms with Crippen molar-refractivity contribution in [3.63, 3.8) is 0 Å². The van der Waals surface area contributed by atoms with Gasteiger partial charge < -0.3 is 15.0 Å². The van der Waals surface area contributed by atoms with Gasteiger partial charge in [-0.2, -0.15) is 0 Å². The fourth-order valence-corrected chi connectivity index (χ4v) is 1.63. The monoisotopic (exact) mass is 229 g/mol. The molecule has 1 aliphatic rings. The molecule has 1 N–H and O–H groups in total. The maximum atomic E-state index is 11.1. The summed E-state index contributed by atoms with van der Waals surface area (Å²) in [5.41, 5.74) is 0. The van der Waals surface area contributed by atoms with Crippen LogP contribution < -0.4 is 5.32 Å². The Kier molecular flexibility index (Phi) is 5.04. The van der Waals surface area contributed by atoms with Gasteiger partial charge in [0.2, 0.25) is 5.91 Å². The van der Waals surface area contributed by atoms with Crippen LogP contribution in [0.3, 0.4) is 0 Å². The molecule has 0 aliphatic carbocycles. The van der Waals surface area contributed by atoms with Gasteiger partial charge in [0.05, 0.1) is 0 Å². The van der Waals surface area contributed by atoms with Gasteiger partial charge in [-0.05, 0) is 0 Å². The summed E-state index contributed by atoms with van der Waals surface area (Å²) >= 11 is 0. The lowest BCUT2D eigenvalue weighted by molar-refractivity contribution is -0.130. The van der Waals surface area contributed by atoms with E-state index in [0.717, 1.165) is 32.7 Å². The second-order valence-electron chi connectivity index (χ2n) is 3.73. The third-order valence-electron chi connectivity index (χ3n) is 2.66. The average Bonchev–Trinajstić information content (AvgIpc) is 2.29. The molecule has 0 unspecified atom stereocenters. The van der Waals surface area contributed by atoms with Crippen LogP contribution in [0.4, 0.5) is 4.79 Å². The molecular formula is C10H19N3O3. The lowest BCUT2D eigenvalue weighted by atomic mass is 10.3. The molecule has 0 bridgehead atoms. The van der Waals surface area contributed by atoms with Crippen molar-refractivity contribution in [2.45, 2.75) is 6.92 Å². The smallest absolute Gasteiger partial charge is 0.406 e. The van der Waals surface area contributed by atoms with E-state index in [4.69, 9.17) is 4.74 Å². The van der Waals surface area contributed by atoms with Crippen molar-refractivity contribution < 1.29 is 14.3 Å². The standard InChI is InChI=1S/C10H19N3O3/c1-9(14)13-5-3-12(4-6-13)7-8-16-10(15)11-2/h3-8H2,1-2H3,(H,11,15). The SMILES string of the molecule is CNC(=O)OCCN1CCN(C(C)=O)CC1. The molecule has 16 heavy (non-hydrogen) atoms. The number of amides is 2. The summed E-state index contributed by atoms with van der Waals surface area (Å²) in [6, 6.07) is 0. The number of carbonyl (C=O) groups excluding carboxylic acids is 2. The molecule has 0 aromatic heterocycles. The number of hydrogen-bond donors (Lipinski definition) is 1. The van der Waals surface area contributed by atoms with E-state index in [1.165, 1.54) is 7.05 Å². The van der Waals surface area contributed by atoms with Crippen LogP contribution in [-0.4, -0.2) is 68.2 Å². The average molecular weight is 229 g/mol. The topological polar surface area (TPSA) is 61.9 Å². The van der Waals surface area contributed by atoms with Crippen LogP contribution >= 0.6 is 0 Å². The van der Waals surface area contributed by atoms with Gasteiger partial charge in [0.25, 0.3) is 0 Å². The van der Waals surface area contributed by atoms with E-state index in [-0.39, 0.29) is 5.91 Å². The highest BCUT2D eigenvalue weighted by Gasteiger charge is 2.18. The van der Waals surface area contributed by atoms with Crippen molar-refractivity contribution in [3.8, 4) is 0 Å². The summed E-state index contributed by atoms with van der Waals surface area (Å²) in [7, 11) is 1.54. The van der Waals surface area contributed by atoms with Crippen molar-refractivity contribution in [1.29, 1.82) is 0 Å². The van der Waals surface area contributed by atoms with Crippen molar-refractivity contribution in [2.75, 3.05) is 46.4 Å². The Morgan fingerprint density at radius 1 is 1.25 bits per heavy atom. The molecule has 0 spiro atoms. The van der Waals surface area contributed by atoms with Crippen molar-refractivity contribution in [2.24, 2.45) is 0 Å². The van der Waals surface area contributed by atoms with Gasteiger partial charge >= 0.3 is 6.09 Å². The first-order chi connectivity index (χ1) is 7.63. The van der Waals surface area contributed by atoms with Gasteiger partial charge in [0.15, 0.2) is 0 Å². The third-order valence-corrected chi connectivity index (χ3v) is 2.66. The first-order valence-electron chi connectivity index (χ1n) is 5.46. The minimum Gasteiger partial charge on any atom is -0.448 e. The quantitative estimate of drug-likeness (QED) is 0.709. The Bertz CT molecular complexity index is 250. The van der Waals surface area contributed by atoms with Crippen LogP contribution in [0.5, 0.6) is 0 Å². The number of piperazine rings is 1. The van der Waals surface area contributed by atoms with Crippen LogP contribution in [0.25, 0.3) is 0 Å². The van der Waals surface area contributed by atoms with Gasteiger partial charge in [0, 0.05) is 46.7 Å². The van der Waals surface area contributed by atoms with Gasteiger partial charge in [-0.1, -0.05) is 0 Å². The lowest BCUT2D eigenvalue weighted by Crippen LogP contribution is -2.48. The number of hydrogen-bond acceptors (Lipinski definition) is 4. The van der Waals surface area contributed by atoms with E-state index < -0.39 is 6.09 Å². The molecule has 2 amide bonds. The van der Waals surface area contributed by atoms with Crippen LogP contribution in [0.15, 0.2) is 0 Å². The Hall–Kier alpha value is -1.30. The first-order valence-corrected chi connectivity index (χ1v) is 5.46.